The number of carbonyl (C=O) groups excluding carboxylic acids is 1. The highest BCUT2D eigenvalue weighted by atomic mass is 16.1. The van der Waals surface area contributed by atoms with E-state index < -0.39 is 0 Å². The zero-order chi connectivity index (χ0) is 16.3. The second-order valence-corrected chi connectivity index (χ2v) is 7.23. The Hall–Kier alpha value is -1.96. The number of Topliss-reactive ketones (excluding diaryl/α,β-unsaturated/α-hetero) is 1. The van der Waals surface area contributed by atoms with Crippen molar-refractivity contribution in [1.29, 1.82) is 0 Å². The molecule has 2 nitrogen and oxygen atoms in total. The van der Waals surface area contributed by atoms with Crippen LogP contribution >= 0.6 is 0 Å². The monoisotopic (exact) mass is 295 g/mol. The van der Waals surface area contributed by atoms with E-state index in [1.807, 2.05) is 25.3 Å². The van der Waals surface area contributed by atoms with E-state index in [0.29, 0.717) is 5.92 Å². The summed E-state index contributed by atoms with van der Waals surface area (Å²) in [5.74, 6) is 0.407. The normalized spacial score (nSPS) is 13.0. The van der Waals surface area contributed by atoms with Gasteiger partial charge < -0.3 is 0 Å². The molecule has 1 atom stereocenters. The van der Waals surface area contributed by atoms with E-state index in [9.17, 15) is 4.79 Å². The summed E-state index contributed by atoms with van der Waals surface area (Å²) < 4.78 is 0. The molecule has 2 heteroatoms. The molecule has 1 heterocycles. The molecule has 2 rings (SSSR count). The highest BCUT2D eigenvalue weighted by Crippen LogP contribution is 2.36. The Morgan fingerprint density at radius 1 is 1.05 bits per heavy atom. The molecule has 116 valence electrons. The molecule has 0 radical (unpaired) electrons. The first-order chi connectivity index (χ1) is 10.3. The minimum atomic E-state index is 0.107. The Bertz CT molecular complexity index is 633. The second-order valence-electron chi connectivity index (χ2n) is 7.23. The van der Waals surface area contributed by atoms with E-state index in [4.69, 9.17) is 0 Å². The van der Waals surface area contributed by atoms with Crippen molar-refractivity contribution in [1.82, 2.24) is 4.98 Å². The summed E-state index contributed by atoms with van der Waals surface area (Å²) in [5, 5.41) is 0. The van der Waals surface area contributed by atoms with Crippen LogP contribution in [0.15, 0.2) is 42.6 Å². The first-order valence-electron chi connectivity index (χ1n) is 7.80. The molecule has 0 saturated heterocycles. The number of hydrogen-bond acceptors (Lipinski definition) is 2. The maximum absolute atomic E-state index is 11.5. The molecule has 0 aliphatic carbocycles. The number of pyridine rings is 1. The van der Waals surface area contributed by atoms with Gasteiger partial charge in [-0.3, -0.25) is 9.78 Å². The lowest BCUT2D eigenvalue weighted by Crippen LogP contribution is -2.13. The van der Waals surface area contributed by atoms with Crippen molar-refractivity contribution in [2.75, 3.05) is 0 Å². The van der Waals surface area contributed by atoms with Crippen LogP contribution in [0.5, 0.6) is 0 Å². The molecule has 2 aromatic rings. The van der Waals surface area contributed by atoms with Gasteiger partial charge in [0.05, 0.1) is 0 Å². The number of benzene rings is 1. The molecule has 0 unspecified atom stereocenters. The van der Waals surface area contributed by atoms with Crippen LogP contribution in [-0.4, -0.2) is 10.8 Å². The zero-order valence-corrected chi connectivity index (χ0v) is 14.2. The Balaban J connectivity index is 2.39. The van der Waals surface area contributed by atoms with Gasteiger partial charge in [-0.15, -0.1) is 0 Å². The molecule has 1 aromatic heterocycles. The van der Waals surface area contributed by atoms with Crippen LogP contribution in [0.25, 0.3) is 0 Å². The highest BCUT2D eigenvalue weighted by Gasteiger charge is 2.22. The van der Waals surface area contributed by atoms with Gasteiger partial charge in [0.2, 0.25) is 0 Å². The molecule has 0 saturated carbocycles. The fraction of sp³-hybridized carbons (Fsp3) is 0.400. The van der Waals surface area contributed by atoms with Gasteiger partial charge in [0.15, 0.2) is 5.78 Å². The average Bonchev–Trinajstić information content (AvgIpc) is 2.45. The molecule has 0 spiro atoms. The van der Waals surface area contributed by atoms with Crippen LogP contribution < -0.4 is 0 Å². The van der Waals surface area contributed by atoms with Crippen molar-refractivity contribution in [3.8, 4) is 0 Å². The molecule has 0 aliphatic heterocycles. The largest absolute Gasteiger partial charge is 0.295 e. The summed E-state index contributed by atoms with van der Waals surface area (Å²) in [6.45, 7) is 10.4. The van der Waals surface area contributed by atoms with Crippen LogP contribution in [0.2, 0.25) is 0 Å². The quantitative estimate of drug-likeness (QED) is 0.729. The van der Waals surface area contributed by atoms with Crippen LogP contribution in [-0.2, 0) is 0 Å². The summed E-state index contributed by atoms with van der Waals surface area (Å²) in [5.41, 5.74) is 4.49. The first-order valence-corrected chi connectivity index (χ1v) is 7.80. The fourth-order valence-electron chi connectivity index (χ4n) is 2.68. The number of nitrogens with zero attached hydrogens (tertiary/aromatic N) is 1. The Labute approximate surface area is 133 Å². The predicted octanol–water partition coefficient (Wildman–Crippen LogP) is 5.16. The van der Waals surface area contributed by atoms with E-state index in [1.165, 1.54) is 11.1 Å². The minimum Gasteiger partial charge on any atom is -0.295 e. The standard InChI is InChI=1S/C20H25NO/c1-14-6-7-18(13-21-14)19(12-20(3,4)5)17-10-8-16(9-11-17)15(2)22/h6-11,13,19H,12H2,1-5H3/t19-/m1/s1. The second kappa shape index (κ2) is 6.43. The fourth-order valence-corrected chi connectivity index (χ4v) is 2.68. The Morgan fingerprint density at radius 3 is 2.09 bits per heavy atom. The van der Waals surface area contributed by atoms with Gasteiger partial charge in [0.1, 0.15) is 0 Å². The number of rotatable bonds is 4. The van der Waals surface area contributed by atoms with E-state index in [2.05, 4.69) is 50.0 Å². The van der Waals surface area contributed by atoms with Gasteiger partial charge in [0, 0.05) is 23.4 Å². The number of aryl methyl sites for hydroxylation is 1. The Morgan fingerprint density at radius 2 is 1.64 bits per heavy atom. The van der Waals surface area contributed by atoms with Crippen LogP contribution in [0.1, 0.15) is 67.2 Å². The van der Waals surface area contributed by atoms with E-state index in [1.54, 1.807) is 6.92 Å². The summed E-state index contributed by atoms with van der Waals surface area (Å²) in [6.07, 6.45) is 3.02. The number of carbonyl (C=O) groups is 1. The number of hydrogen-bond donors (Lipinski definition) is 0. The lowest BCUT2D eigenvalue weighted by molar-refractivity contribution is 0.101. The molecular formula is C20H25NO. The summed E-state index contributed by atoms with van der Waals surface area (Å²) in [7, 11) is 0. The molecule has 0 fully saturated rings. The molecule has 0 bridgehead atoms. The average molecular weight is 295 g/mol. The van der Waals surface area contributed by atoms with Crippen LogP contribution in [0.4, 0.5) is 0 Å². The first kappa shape index (κ1) is 16.4. The molecule has 22 heavy (non-hydrogen) atoms. The highest BCUT2D eigenvalue weighted by molar-refractivity contribution is 5.94. The zero-order valence-electron chi connectivity index (χ0n) is 14.2. The van der Waals surface area contributed by atoms with Gasteiger partial charge in [-0.2, -0.15) is 0 Å². The molecule has 0 amide bonds. The van der Waals surface area contributed by atoms with Crippen molar-refractivity contribution >= 4 is 5.78 Å². The van der Waals surface area contributed by atoms with Crippen molar-refractivity contribution in [2.24, 2.45) is 5.41 Å². The molecule has 1 aromatic carbocycles. The Kier molecular flexibility index (Phi) is 4.80. The molecular weight excluding hydrogens is 270 g/mol. The smallest absolute Gasteiger partial charge is 0.159 e. The van der Waals surface area contributed by atoms with E-state index in [0.717, 1.165) is 17.7 Å². The van der Waals surface area contributed by atoms with Crippen molar-refractivity contribution in [3.63, 3.8) is 0 Å². The number of ketones is 1. The van der Waals surface area contributed by atoms with Gasteiger partial charge in [-0.1, -0.05) is 51.1 Å². The lowest BCUT2D eigenvalue weighted by atomic mass is 9.78. The van der Waals surface area contributed by atoms with Gasteiger partial charge in [-0.05, 0) is 42.9 Å². The van der Waals surface area contributed by atoms with Crippen molar-refractivity contribution in [3.05, 3.63) is 65.0 Å². The summed E-state index contributed by atoms with van der Waals surface area (Å²) in [6, 6.07) is 12.2. The van der Waals surface area contributed by atoms with E-state index in [-0.39, 0.29) is 11.2 Å². The summed E-state index contributed by atoms with van der Waals surface area (Å²) in [4.78, 5) is 15.9. The third kappa shape index (κ3) is 4.27. The van der Waals surface area contributed by atoms with E-state index >= 15 is 0 Å². The molecule has 0 aliphatic rings. The maximum Gasteiger partial charge on any atom is 0.159 e. The molecule has 0 N–H and O–H groups in total. The third-order valence-corrected chi connectivity index (χ3v) is 3.87. The van der Waals surface area contributed by atoms with Crippen molar-refractivity contribution in [2.45, 2.75) is 47.0 Å². The lowest BCUT2D eigenvalue weighted by Gasteiger charge is -2.27. The topological polar surface area (TPSA) is 30.0 Å². The predicted molar refractivity (Wildman–Crippen MR) is 91.3 cm³/mol. The summed E-state index contributed by atoms with van der Waals surface area (Å²) >= 11 is 0. The van der Waals surface area contributed by atoms with Crippen LogP contribution in [0.3, 0.4) is 0 Å². The van der Waals surface area contributed by atoms with Gasteiger partial charge in [0.25, 0.3) is 0 Å². The van der Waals surface area contributed by atoms with Gasteiger partial charge in [-0.25, -0.2) is 0 Å². The minimum absolute atomic E-state index is 0.107. The number of aromatic nitrogens is 1. The van der Waals surface area contributed by atoms with Crippen molar-refractivity contribution < 1.29 is 4.79 Å². The third-order valence-electron chi connectivity index (χ3n) is 3.87. The van der Waals surface area contributed by atoms with Crippen LogP contribution in [0, 0.1) is 12.3 Å². The van der Waals surface area contributed by atoms with Gasteiger partial charge >= 0.3 is 0 Å². The SMILES string of the molecule is CC(=O)c1ccc([C@@H](CC(C)(C)C)c2ccc(C)nc2)cc1. The maximum atomic E-state index is 11.5.